The van der Waals surface area contributed by atoms with Crippen molar-refractivity contribution in [2.75, 3.05) is 14.1 Å². The predicted molar refractivity (Wildman–Crippen MR) is 76.2 cm³/mol. The van der Waals surface area contributed by atoms with Crippen molar-refractivity contribution in [3.05, 3.63) is 44.7 Å². The topological polar surface area (TPSA) is 36.1 Å². The summed E-state index contributed by atoms with van der Waals surface area (Å²) >= 11 is 0. The van der Waals surface area contributed by atoms with Gasteiger partial charge in [-0.3, -0.25) is 4.79 Å². The Labute approximate surface area is 107 Å². The second-order valence-electron chi connectivity index (χ2n) is 5.30. The van der Waals surface area contributed by atoms with Crippen LogP contribution < -0.4 is 5.43 Å². The molecule has 0 radical (unpaired) electrons. The number of aromatic nitrogens is 1. The van der Waals surface area contributed by atoms with Crippen molar-refractivity contribution in [3.8, 4) is 0 Å². The van der Waals surface area contributed by atoms with Gasteiger partial charge in [0.15, 0.2) is 5.43 Å². The van der Waals surface area contributed by atoms with Gasteiger partial charge in [-0.05, 0) is 52.1 Å². The number of benzene rings is 1. The Hall–Kier alpha value is -1.61. The smallest absolute Gasteiger partial charge is 0.194 e. The molecule has 0 aliphatic rings. The summed E-state index contributed by atoms with van der Waals surface area (Å²) < 4.78 is 0. The number of aryl methyl sites for hydroxylation is 3. The van der Waals surface area contributed by atoms with Crippen LogP contribution in [0, 0.1) is 20.8 Å². The van der Waals surface area contributed by atoms with E-state index in [0.29, 0.717) is 6.54 Å². The summed E-state index contributed by atoms with van der Waals surface area (Å²) in [5.41, 5.74) is 5.20. The lowest BCUT2D eigenvalue weighted by atomic mass is 10.0. The molecule has 1 N–H and O–H groups in total. The fourth-order valence-corrected chi connectivity index (χ4v) is 2.42. The molecule has 0 unspecified atom stereocenters. The zero-order valence-electron chi connectivity index (χ0n) is 11.7. The maximum atomic E-state index is 12.5. The number of H-pyrrole nitrogens is 1. The third kappa shape index (κ3) is 2.18. The van der Waals surface area contributed by atoms with Gasteiger partial charge in [0.2, 0.25) is 0 Å². The van der Waals surface area contributed by atoms with Crippen LogP contribution in [0.4, 0.5) is 0 Å². The Morgan fingerprint density at radius 1 is 1.17 bits per heavy atom. The molecule has 0 aliphatic heterocycles. The molecule has 2 aromatic rings. The van der Waals surface area contributed by atoms with Crippen LogP contribution in [0.2, 0.25) is 0 Å². The van der Waals surface area contributed by atoms with Gasteiger partial charge >= 0.3 is 0 Å². The van der Waals surface area contributed by atoms with E-state index in [0.717, 1.165) is 33.3 Å². The van der Waals surface area contributed by atoms with E-state index < -0.39 is 0 Å². The first-order chi connectivity index (χ1) is 8.40. The van der Waals surface area contributed by atoms with Gasteiger partial charge in [-0.1, -0.05) is 6.07 Å². The van der Waals surface area contributed by atoms with Gasteiger partial charge < -0.3 is 9.88 Å². The molecule has 1 aromatic heterocycles. The lowest BCUT2D eigenvalue weighted by Gasteiger charge is -2.14. The van der Waals surface area contributed by atoms with E-state index in [2.05, 4.69) is 11.1 Å². The van der Waals surface area contributed by atoms with Gasteiger partial charge in [0.1, 0.15) is 0 Å². The first kappa shape index (κ1) is 12.8. The molecule has 2 rings (SSSR count). The number of hydrogen-bond acceptors (Lipinski definition) is 2. The molecule has 0 saturated heterocycles. The highest BCUT2D eigenvalue weighted by molar-refractivity contribution is 5.83. The molecule has 1 heterocycles. The van der Waals surface area contributed by atoms with E-state index in [1.54, 1.807) is 0 Å². The number of rotatable bonds is 2. The highest BCUT2D eigenvalue weighted by Crippen LogP contribution is 2.18. The van der Waals surface area contributed by atoms with Crippen molar-refractivity contribution >= 4 is 10.9 Å². The predicted octanol–water partition coefficient (Wildman–Crippen LogP) is 2.51. The number of fused-ring (bicyclic) bond motifs is 1. The van der Waals surface area contributed by atoms with Crippen molar-refractivity contribution in [1.29, 1.82) is 0 Å². The molecular weight excluding hydrogens is 224 g/mol. The quantitative estimate of drug-likeness (QED) is 0.881. The maximum Gasteiger partial charge on any atom is 0.194 e. The minimum Gasteiger partial charge on any atom is -0.358 e. The van der Waals surface area contributed by atoms with Gasteiger partial charge in [0.25, 0.3) is 0 Å². The minimum absolute atomic E-state index is 0.154. The van der Waals surface area contributed by atoms with Gasteiger partial charge in [-0.25, -0.2) is 0 Å². The van der Waals surface area contributed by atoms with Crippen LogP contribution in [0.3, 0.4) is 0 Å². The van der Waals surface area contributed by atoms with E-state index in [4.69, 9.17) is 0 Å². The highest BCUT2D eigenvalue weighted by atomic mass is 16.1. The first-order valence-corrected chi connectivity index (χ1v) is 6.17. The maximum absolute atomic E-state index is 12.5. The molecule has 3 nitrogen and oxygen atoms in total. The second kappa shape index (κ2) is 4.58. The lowest BCUT2D eigenvalue weighted by Crippen LogP contribution is -2.21. The SMILES string of the molecule is Cc1cc(C)c2[nH]c(C)c(CN(C)C)c(=O)c2c1. The third-order valence-corrected chi connectivity index (χ3v) is 3.24. The Kier molecular flexibility index (Phi) is 3.26. The van der Waals surface area contributed by atoms with Crippen LogP contribution in [0.5, 0.6) is 0 Å². The molecule has 96 valence electrons. The standard InChI is InChI=1S/C15H20N2O/c1-9-6-10(2)14-12(7-9)15(18)13(8-17(4)5)11(3)16-14/h6-7H,8H2,1-5H3,(H,16,18). The van der Waals surface area contributed by atoms with Crippen molar-refractivity contribution in [2.24, 2.45) is 0 Å². The first-order valence-electron chi connectivity index (χ1n) is 6.17. The summed E-state index contributed by atoms with van der Waals surface area (Å²) in [4.78, 5) is 17.9. The highest BCUT2D eigenvalue weighted by Gasteiger charge is 2.11. The molecule has 0 bridgehead atoms. The van der Waals surface area contributed by atoms with Crippen LogP contribution >= 0.6 is 0 Å². The van der Waals surface area contributed by atoms with E-state index in [9.17, 15) is 4.79 Å². The van der Waals surface area contributed by atoms with E-state index in [1.165, 1.54) is 0 Å². The van der Waals surface area contributed by atoms with Crippen molar-refractivity contribution in [3.63, 3.8) is 0 Å². The molecule has 1 aromatic carbocycles. The normalized spacial score (nSPS) is 11.4. The Bertz CT molecular complexity index is 654. The van der Waals surface area contributed by atoms with E-state index in [-0.39, 0.29) is 5.43 Å². The third-order valence-electron chi connectivity index (χ3n) is 3.24. The minimum atomic E-state index is 0.154. The van der Waals surface area contributed by atoms with E-state index >= 15 is 0 Å². The molecule has 0 fully saturated rings. The molecule has 18 heavy (non-hydrogen) atoms. The second-order valence-corrected chi connectivity index (χ2v) is 5.30. The zero-order chi connectivity index (χ0) is 13.4. The van der Waals surface area contributed by atoms with Crippen LogP contribution in [0.15, 0.2) is 16.9 Å². The van der Waals surface area contributed by atoms with E-state index in [1.807, 2.05) is 45.8 Å². The van der Waals surface area contributed by atoms with Gasteiger partial charge in [0.05, 0.1) is 5.52 Å². The summed E-state index contributed by atoms with van der Waals surface area (Å²) in [6, 6.07) is 4.07. The average molecular weight is 244 g/mol. The van der Waals surface area contributed by atoms with Crippen LogP contribution in [0.25, 0.3) is 10.9 Å². The average Bonchev–Trinajstić information content (AvgIpc) is 2.26. The summed E-state index contributed by atoms with van der Waals surface area (Å²) in [5, 5.41) is 0.801. The monoisotopic (exact) mass is 244 g/mol. The summed E-state index contributed by atoms with van der Waals surface area (Å²) in [5.74, 6) is 0. The van der Waals surface area contributed by atoms with Gasteiger partial charge in [-0.2, -0.15) is 0 Å². The zero-order valence-corrected chi connectivity index (χ0v) is 11.7. The summed E-state index contributed by atoms with van der Waals surface area (Å²) in [6.45, 7) is 6.71. The van der Waals surface area contributed by atoms with Crippen LogP contribution in [-0.4, -0.2) is 24.0 Å². The van der Waals surface area contributed by atoms with Gasteiger partial charge in [0, 0.05) is 23.2 Å². The molecule has 0 aliphatic carbocycles. The fourth-order valence-electron chi connectivity index (χ4n) is 2.42. The fraction of sp³-hybridized carbons (Fsp3) is 0.400. The molecular formula is C15H20N2O. The Morgan fingerprint density at radius 3 is 2.44 bits per heavy atom. The van der Waals surface area contributed by atoms with Crippen LogP contribution in [-0.2, 0) is 6.54 Å². The largest absolute Gasteiger partial charge is 0.358 e. The van der Waals surface area contributed by atoms with Crippen molar-refractivity contribution in [1.82, 2.24) is 9.88 Å². The lowest BCUT2D eigenvalue weighted by molar-refractivity contribution is 0.400. The molecule has 3 heteroatoms. The van der Waals surface area contributed by atoms with Crippen LogP contribution in [0.1, 0.15) is 22.4 Å². The van der Waals surface area contributed by atoms with Gasteiger partial charge in [-0.15, -0.1) is 0 Å². The number of aromatic amines is 1. The molecule has 0 saturated carbocycles. The van der Waals surface area contributed by atoms with Crippen molar-refractivity contribution in [2.45, 2.75) is 27.3 Å². The summed E-state index contributed by atoms with van der Waals surface area (Å²) in [6.07, 6.45) is 0. The number of hydrogen-bond donors (Lipinski definition) is 1. The summed E-state index contributed by atoms with van der Waals surface area (Å²) in [7, 11) is 3.95. The number of pyridine rings is 1. The Morgan fingerprint density at radius 2 is 1.83 bits per heavy atom. The molecule has 0 spiro atoms. The Balaban J connectivity index is 2.81. The number of nitrogens with one attached hydrogen (secondary N) is 1. The molecule has 0 atom stereocenters. The molecule has 0 amide bonds. The van der Waals surface area contributed by atoms with Crippen molar-refractivity contribution < 1.29 is 0 Å². The number of nitrogens with zero attached hydrogens (tertiary/aromatic N) is 1.